The van der Waals surface area contributed by atoms with E-state index >= 15 is 0 Å². The lowest BCUT2D eigenvalue weighted by molar-refractivity contribution is -0.0916. The van der Waals surface area contributed by atoms with Crippen molar-refractivity contribution in [3.05, 3.63) is 0 Å². The third-order valence-corrected chi connectivity index (χ3v) is 4.02. The summed E-state index contributed by atoms with van der Waals surface area (Å²) in [5.74, 6) is 0. The zero-order valence-corrected chi connectivity index (χ0v) is 8.47. The fourth-order valence-electron chi connectivity index (χ4n) is 2.58. The Kier molecular flexibility index (Phi) is 1.79. The highest BCUT2D eigenvalue weighted by Gasteiger charge is 2.66. The molecular weight excluding hydrogens is 166 g/mol. The van der Waals surface area contributed by atoms with Crippen molar-refractivity contribution in [3.63, 3.8) is 0 Å². The van der Waals surface area contributed by atoms with Gasteiger partial charge in [-0.05, 0) is 12.8 Å². The molecule has 0 aromatic carbocycles. The molecule has 1 atom stereocenters. The smallest absolute Gasteiger partial charge is 0.102 e. The third-order valence-electron chi connectivity index (χ3n) is 4.02. The molecule has 13 heavy (non-hydrogen) atoms. The van der Waals surface area contributed by atoms with Crippen LogP contribution in [0.4, 0.5) is 0 Å². The van der Waals surface area contributed by atoms with Crippen LogP contribution in [0.15, 0.2) is 0 Å². The van der Waals surface area contributed by atoms with E-state index in [-0.39, 0.29) is 10.8 Å². The fraction of sp³-hybridized carbons (Fsp3) is 1.00. The number of hydrogen-bond donors (Lipinski definition) is 2. The molecule has 1 aliphatic carbocycles. The van der Waals surface area contributed by atoms with Crippen molar-refractivity contribution >= 4 is 0 Å². The molecule has 0 aromatic rings. The van der Waals surface area contributed by atoms with Crippen molar-refractivity contribution < 1.29 is 9.84 Å². The molecule has 1 saturated heterocycles. The Balaban J connectivity index is 2.29. The van der Waals surface area contributed by atoms with E-state index in [9.17, 15) is 5.11 Å². The number of aliphatic hydroxyl groups is 1. The van der Waals surface area contributed by atoms with Crippen LogP contribution < -0.4 is 5.73 Å². The first kappa shape index (κ1) is 9.44. The van der Waals surface area contributed by atoms with Crippen LogP contribution in [0.5, 0.6) is 0 Å². The second kappa shape index (κ2) is 2.47. The van der Waals surface area contributed by atoms with E-state index in [0.717, 1.165) is 12.8 Å². The van der Waals surface area contributed by atoms with Gasteiger partial charge in [0.05, 0.1) is 13.2 Å². The SMILES string of the molecule is CC1(C)COCC1(O)C1(CN)CC1. The topological polar surface area (TPSA) is 55.5 Å². The Hall–Kier alpha value is -0.120. The largest absolute Gasteiger partial charge is 0.386 e. The van der Waals surface area contributed by atoms with Crippen molar-refractivity contribution in [2.75, 3.05) is 19.8 Å². The van der Waals surface area contributed by atoms with Crippen LogP contribution in [0.2, 0.25) is 0 Å². The molecule has 3 heteroatoms. The van der Waals surface area contributed by atoms with Gasteiger partial charge in [-0.25, -0.2) is 0 Å². The average Bonchev–Trinajstić information content (AvgIpc) is 2.79. The maximum Gasteiger partial charge on any atom is 0.102 e. The first-order valence-electron chi connectivity index (χ1n) is 4.98. The monoisotopic (exact) mass is 185 g/mol. The minimum atomic E-state index is -0.700. The normalized spacial score (nSPS) is 40.6. The standard InChI is InChI=1S/C10H19NO2/c1-8(2)6-13-7-10(8,12)9(5-11)3-4-9/h12H,3-7,11H2,1-2H3. The minimum absolute atomic E-state index is 0.0486. The Morgan fingerprint density at radius 2 is 1.92 bits per heavy atom. The molecule has 1 saturated carbocycles. The summed E-state index contributed by atoms with van der Waals surface area (Å²) in [6.45, 7) is 5.81. The van der Waals surface area contributed by atoms with Gasteiger partial charge in [-0.15, -0.1) is 0 Å². The van der Waals surface area contributed by atoms with Gasteiger partial charge in [-0.3, -0.25) is 0 Å². The van der Waals surface area contributed by atoms with Gasteiger partial charge in [0, 0.05) is 17.4 Å². The van der Waals surface area contributed by atoms with Gasteiger partial charge in [0.1, 0.15) is 5.60 Å². The van der Waals surface area contributed by atoms with Crippen molar-refractivity contribution in [1.82, 2.24) is 0 Å². The second-order valence-corrected chi connectivity index (χ2v) is 5.22. The molecule has 1 heterocycles. The molecule has 76 valence electrons. The van der Waals surface area contributed by atoms with Crippen molar-refractivity contribution in [2.45, 2.75) is 32.3 Å². The number of rotatable bonds is 2. The van der Waals surface area contributed by atoms with Crippen LogP contribution in [0.3, 0.4) is 0 Å². The highest BCUT2D eigenvalue weighted by Crippen LogP contribution is 2.61. The van der Waals surface area contributed by atoms with Crippen LogP contribution in [0.1, 0.15) is 26.7 Å². The molecule has 2 rings (SSSR count). The molecule has 1 unspecified atom stereocenters. The predicted octanol–water partition coefficient (Wildman–Crippen LogP) is 0.513. The van der Waals surface area contributed by atoms with E-state index in [2.05, 4.69) is 13.8 Å². The van der Waals surface area contributed by atoms with Crippen molar-refractivity contribution in [1.29, 1.82) is 0 Å². The van der Waals surface area contributed by atoms with E-state index in [1.807, 2.05) is 0 Å². The summed E-state index contributed by atoms with van der Waals surface area (Å²) < 4.78 is 5.40. The maximum atomic E-state index is 10.6. The molecule has 0 radical (unpaired) electrons. The zero-order chi connectivity index (χ0) is 9.74. The summed E-state index contributed by atoms with van der Waals surface area (Å²) in [5.41, 5.74) is 4.84. The maximum absolute atomic E-state index is 10.6. The Morgan fingerprint density at radius 3 is 2.23 bits per heavy atom. The van der Waals surface area contributed by atoms with Crippen LogP contribution in [0.25, 0.3) is 0 Å². The quantitative estimate of drug-likeness (QED) is 0.659. The molecule has 3 N–H and O–H groups in total. The molecule has 0 aromatic heterocycles. The van der Waals surface area contributed by atoms with Crippen LogP contribution in [0, 0.1) is 10.8 Å². The molecule has 1 aliphatic heterocycles. The molecular formula is C10H19NO2. The van der Waals surface area contributed by atoms with Gasteiger partial charge in [-0.2, -0.15) is 0 Å². The Labute approximate surface area is 79.3 Å². The minimum Gasteiger partial charge on any atom is -0.386 e. The van der Waals surface area contributed by atoms with E-state index in [4.69, 9.17) is 10.5 Å². The van der Waals surface area contributed by atoms with E-state index < -0.39 is 5.60 Å². The Morgan fingerprint density at radius 1 is 1.31 bits per heavy atom. The number of nitrogens with two attached hydrogens (primary N) is 1. The summed E-state index contributed by atoms with van der Waals surface area (Å²) in [6.07, 6.45) is 2.10. The summed E-state index contributed by atoms with van der Waals surface area (Å²) in [5, 5.41) is 10.6. The van der Waals surface area contributed by atoms with Crippen LogP contribution in [-0.2, 0) is 4.74 Å². The molecule has 2 aliphatic rings. The summed E-state index contributed by atoms with van der Waals surface area (Å²) in [7, 11) is 0. The fourth-order valence-corrected chi connectivity index (χ4v) is 2.58. The second-order valence-electron chi connectivity index (χ2n) is 5.22. The van der Waals surface area contributed by atoms with Gasteiger partial charge < -0.3 is 15.6 Å². The van der Waals surface area contributed by atoms with Gasteiger partial charge in [-0.1, -0.05) is 13.8 Å². The van der Waals surface area contributed by atoms with E-state index in [1.54, 1.807) is 0 Å². The summed E-state index contributed by atoms with van der Waals surface area (Å²) in [4.78, 5) is 0. The lowest BCUT2D eigenvalue weighted by Crippen LogP contribution is -2.54. The van der Waals surface area contributed by atoms with Gasteiger partial charge in [0.2, 0.25) is 0 Å². The van der Waals surface area contributed by atoms with Gasteiger partial charge in [0.15, 0.2) is 0 Å². The van der Waals surface area contributed by atoms with Crippen LogP contribution in [-0.4, -0.2) is 30.5 Å². The molecule has 0 bridgehead atoms. The average molecular weight is 185 g/mol. The highest BCUT2D eigenvalue weighted by molar-refractivity contribution is 5.16. The number of hydrogen-bond acceptors (Lipinski definition) is 3. The first-order chi connectivity index (χ1) is 5.97. The molecule has 0 spiro atoms. The highest BCUT2D eigenvalue weighted by atomic mass is 16.5. The van der Waals surface area contributed by atoms with Crippen molar-refractivity contribution in [2.24, 2.45) is 16.6 Å². The van der Waals surface area contributed by atoms with Gasteiger partial charge >= 0.3 is 0 Å². The predicted molar refractivity (Wildman–Crippen MR) is 50.3 cm³/mol. The molecule has 3 nitrogen and oxygen atoms in total. The van der Waals surface area contributed by atoms with Crippen LogP contribution >= 0.6 is 0 Å². The summed E-state index contributed by atoms with van der Waals surface area (Å²) >= 11 is 0. The third kappa shape index (κ3) is 1.01. The summed E-state index contributed by atoms with van der Waals surface area (Å²) in [6, 6.07) is 0. The van der Waals surface area contributed by atoms with E-state index in [0.29, 0.717) is 19.8 Å². The van der Waals surface area contributed by atoms with Crippen molar-refractivity contribution in [3.8, 4) is 0 Å². The molecule has 0 amide bonds. The lowest BCUT2D eigenvalue weighted by Gasteiger charge is -2.41. The van der Waals surface area contributed by atoms with Gasteiger partial charge in [0.25, 0.3) is 0 Å². The number of ether oxygens (including phenoxy) is 1. The molecule has 2 fully saturated rings. The zero-order valence-electron chi connectivity index (χ0n) is 8.47. The van der Waals surface area contributed by atoms with E-state index in [1.165, 1.54) is 0 Å². The Bertz CT molecular complexity index is 223. The lowest BCUT2D eigenvalue weighted by atomic mass is 9.68. The first-order valence-corrected chi connectivity index (χ1v) is 4.98.